The molecule has 1 aliphatic rings. The van der Waals surface area contributed by atoms with Gasteiger partial charge in [0.15, 0.2) is 0 Å². The minimum atomic E-state index is -0.0189. The molecule has 0 radical (unpaired) electrons. The highest BCUT2D eigenvalue weighted by atomic mass is 16.1. The lowest BCUT2D eigenvalue weighted by atomic mass is 9.64. The van der Waals surface area contributed by atoms with Gasteiger partial charge in [0.1, 0.15) is 0 Å². The van der Waals surface area contributed by atoms with Crippen LogP contribution in [-0.2, 0) is 5.41 Å². The zero-order chi connectivity index (χ0) is 13.8. The summed E-state index contributed by atoms with van der Waals surface area (Å²) in [6.45, 7) is 0.707. The molecule has 1 N–H and O–H groups in total. The molecule has 3 rings (SSSR count). The van der Waals surface area contributed by atoms with Crippen molar-refractivity contribution in [3.63, 3.8) is 0 Å². The Morgan fingerprint density at radius 2 is 1.80 bits per heavy atom. The minimum Gasteiger partial charge on any atom is -0.351 e. The Balaban J connectivity index is 1.69. The Morgan fingerprint density at radius 3 is 2.40 bits per heavy atom. The van der Waals surface area contributed by atoms with Gasteiger partial charge in [0.25, 0.3) is 5.91 Å². The Bertz CT molecular complexity index is 576. The monoisotopic (exact) mass is 266 g/mol. The third-order valence-electron chi connectivity index (χ3n) is 4.23. The summed E-state index contributed by atoms with van der Waals surface area (Å²) in [4.78, 5) is 16.1. The normalized spacial score (nSPS) is 16.2. The second-order valence-electron chi connectivity index (χ2n) is 5.42. The summed E-state index contributed by atoms with van der Waals surface area (Å²) in [5.41, 5.74) is 2.13. The molecule has 3 nitrogen and oxygen atoms in total. The van der Waals surface area contributed by atoms with Gasteiger partial charge in [-0.3, -0.25) is 9.78 Å². The fourth-order valence-electron chi connectivity index (χ4n) is 2.82. The number of nitrogens with zero attached hydrogens (tertiary/aromatic N) is 1. The molecule has 2 aromatic rings. The lowest BCUT2D eigenvalue weighted by Crippen LogP contribution is -2.45. The van der Waals surface area contributed by atoms with Crippen LogP contribution in [0.3, 0.4) is 0 Å². The van der Waals surface area contributed by atoms with Gasteiger partial charge in [-0.2, -0.15) is 0 Å². The molecule has 1 fully saturated rings. The van der Waals surface area contributed by atoms with E-state index in [1.807, 2.05) is 6.07 Å². The van der Waals surface area contributed by atoms with E-state index >= 15 is 0 Å². The van der Waals surface area contributed by atoms with Crippen molar-refractivity contribution in [2.75, 3.05) is 6.54 Å². The lowest BCUT2D eigenvalue weighted by molar-refractivity contribution is 0.0928. The Morgan fingerprint density at radius 1 is 1.10 bits per heavy atom. The van der Waals surface area contributed by atoms with Crippen LogP contribution in [0.2, 0.25) is 0 Å². The van der Waals surface area contributed by atoms with Crippen LogP contribution in [0, 0.1) is 0 Å². The van der Waals surface area contributed by atoms with Crippen LogP contribution in [0.4, 0.5) is 0 Å². The van der Waals surface area contributed by atoms with Crippen molar-refractivity contribution >= 4 is 5.91 Å². The zero-order valence-corrected chi connectivity index (χ0v) is 11.4. The number of pyridine rings is 1. The summed E-state index contributed by atoms with van der Waals surface area (Å²) in [6.07, 6.45) is 6.82. The average Bonchev–Trinajstić information content (AvgIpc) is 2.48. The third kappa shape index (κ3) is 2.44. The predicted molar refractivity (Wildman–Crippen MR) is 78.5 cm³/mol. The van der Waals surface area contributed by atoms with E-state index in [4.69, 9.17) is 0 Å². The second-order valence-corrected chi connectivity index (χ2v) is 5.42. The smallest absolute Gasteiger partial charge is 0.251 e. The van der Waals surface area contributed by atoms with Gasteiger partial charge in [-0.15, -0.1) is 0 Å². The summed E-state index contributed by atoms with van der Waals surface area (Å²) in [5.74, 6) is -0.0189. The molecule has 1 heterocycles. The molecule has 0 aliphatic heterocycles. The maximum absolute atomic E-state index is 12.1. The zero-order valence-electron chi connectivity index (χ0n) is 11.4. The summed E-state index contributed by atoms with van der Waals surface area (Å²) in [5, 5.41) is 3.07. The van der Waals surface area contributed by atoms with E-state index < -0.39 is 0 Å². The molecule has 102 valence electrons. The number of carbonyl (C=O) groups is 1. The number of amides is 1. The van der Waals surface area contributed by atoms with Gasteiger partial charge < -0.3 is 5.32 Å². The summed E-state index contributed by atoms with van der Waals surface area (Å²) >= 11 is 0. The van der Waals surface area contributed by atoms with Crippen LogP contribution in [0.5, 0.6) is 0 Å². The number of benzene rings is 1. The molecule has 0 saturated heterocycles. The van der Waals surface area contributed by atoms with Crippen LogP contribution < -0.4 is 5.32 Å². The number of carbonyl (C=O) groups excluding carboxylic acids is 1. The van der Waals surface area contributed by atoms with Crippen LogP contribution in [-0.4, -0.2) is 17.4 Å². The van der Waals surface area contributed by atoms with E-state index in [0.29, 0.717) is 12.1 Å². The summed E-state index contributed by atoms with van der Waals surface area (Å²) in [7, 11) is 0. The molecule has 0 atom stereocenters. The van der Waals surface area contributed by atoms with E-state index in [1.165, 1.54) is 12.0 Å². The summed E-state index contributed by atoms with van der Waals surface area (Å²) < 4.78 is 0. The Labute approximate surface area is 119 Å². The Hall–Kier alpha value is -2.16. The highest BCUT2D eigenvalue weighted by Crippen LogP contribution is 2.43. The fraction of sp³-hybridized carbons (Fsp3) is 0.294. The molecule has 0 spiro atoms. The third-order valence-corrected chi connectivity index (χ3v) is 4.23. The first-order chi connectivity index (χ1) is 9.80. The minimum absolute atomic E-state index is 0.0189. The number of hydrogen-bond donors (Lipinski definition) is 1. The van der Waals surface area contributed by atoms with E-state index in [9.17, 15) is 4.79 Å². The van der Waals surface area contributed by atoms with Crippen molar-refractivity contribution in [1.29, 1.82) is 0 Å². The van der Waals surface area contributed by atoms with Crippen LogP contribution in [0.15, 0.2) is 54.9 Å². The van der Waals surface area contributed by atoms with Gasteiger partial charge in [-0.25, -0.2) is 0 Å². The highest BCUT2D eigenvalue weighted by molar-refractivity contribution is 5.94. The molecule has 0 bridgehead atoms. The largest absolute Gasteiger partial charge is 0.351 e. The van der Waals surface area contributed by atoms with E-state index in [0.717, 1.165) is 12.8 Å². The van der Waals surface area contributed by atoms with Crippen molar-refractivity contribution in [3.8, 4) is 0 Å². The standard InChI is InChI=1S/C17H18N2O/c20-16(14-7-11-18-12-8-14)19-13-17(9-4-10-17)15-5-2-1-3-6-15/h1-3,5-8,11-12H,4,9-10,13H2,(H,19,20). The molecular formula is C17H18N2O. The van der Waals surface area contributed by atoms with Gasteiger partial charge in [-0.1, -0.05) is 36.8 Å². The second kappa shape index (κ2) is 5.45. The first-order valence-corrected chi connectivity index (χ1v) is 7.04. The topological polar surface area (TPSA) is 42.0 Å². The van der Waals surface area contributed by atoms with Crippen molar-refractivity contribution in [1.82, 2.24) is 10.3 Å². The molecule has 1 amide bonds. The van der Waals surface area contributed by atoms with Crippen molar-refractivity contribution in [2.45, 2.75) is 24.7 Å². The van der Waals surface area contributed by atoms with Gasteiger partial charge in [0.05, 0.1) is 0 Å². The SMILES string of the molecule is O=C(NCC1(c2ccccc2)CCC1)c1ccncc1. The average molecular weight is 266 g/mol. The maximum Gasteiger partial charge on any atom is 0.251 e. The molecule has 0 unspecified atom stereocenters. The molecule has 20 heavy (non-hydrogen) atoms. The Kier molecular flexibility index (Phi) is 3.50. The van der Waals surface area contributed by atoms with E-state index in [-0.39, 0.29) is 11.3 Å². The number of hydrogen-bond acceptors (Lipinski definition) is 2. The number of nitrogens with one attached hydrogen (secondary N) is 1. The fourth-order valence-corrected chi connectivity index (χ4v) is 2.82. The molecular weight excluding hydrogens is 248 g/mol. The molecule has 1 aromatic carbocycles. The first kappa shape index (κ1) is 12.9. The van der Waals surface area contributed by atoms with E-state index in [2.05, 4.69) is 34.6 Å². The summed E-state index contributed by atoms with van der Waals surface area (Å²) in [6, 6.07) is 14.0. The van der Waals surface area contributed by atoms with E-state index in [1.54, 1.807) is 24.5 Å². The van der Waals surface area contributed by atoms with Crippen molar-refractivity contribution in [2.24, 2.45) is 0 Å². The van der Waals surface area contributed by atoms with Gasteiger partial charge in [0, 0.05) is 29.9 Å². The predicted octanol–water partition coefficient (Wildman–Crippen LogP) is 2.93. The molecule has 1 saturated carbocycles. The van der Waals surface area contributed by atoms with Gasteiger partial charge >= 0.3 is 0 Å². The number of rotatable bonds is 4. The van der Waals surface area contributed by atoms with Crippen LogP contribution in [0.25, 0.3) is 0 Å². The lowest BCUT2D eigenvalue weighted by Gasteiger charge is -2.42. The molecule has 1 aromatic heterocycles. The van der Waals surface area contributed by atoms with Crippen LogP contribution >= 0.6 is 0 Å². The quantitative estimate of drug-likeness (QED) is 0.924. The molecule has 1 aliphatic carbocycles. The highest BCUT2D eigenvalue weighted by Gasteiger charge is 2.38. The van der Waals surface area contributed by atoms with Gasteiger partial charge in [0.2, 0.25) is 0 Å². The maximum atomic E-state index is 12.1. The van der Waals surface area contributed by atoms with Gasteiger partial charge in [-0.05, 0) is 30.5 Å². The van der Waals surface area contributed by atoms with Crippen LogP contribution in [0.1, 0.15) is 35.2 Å². The van der Waals surface area contributed by atoms with Crippen molar-refractivity contribution < 1.29 is 4.79 Å². The van der Waals surface area contributed by atoms with Crippen molar-refractivity contribution in [3.05, 3.63) is 66.0 Å². The number of aromatic nitrogens is 1. The molecule has 3 heteroatoms. The first-order valence-electron chi connectivity index (χ1n) is 7.04.